The highest BCUT2D eigenvalue weighted by atomic mass is 32.2. The maximum Gasteiger partial charge on any atom is 0.265 e. The molecule has 26 heavy (non-hydrogen) atoms. The van der Waals surface area contributed by atoms with Crippen LogP contribution in [0.1, 0.15) is 58.8 Å². The van der Waals surface area contributed by atoms with Gasteiger partial charge in [-0.15, -0.1) is 0 Å². The van der Waals surface area contributed by atoms with Gasteiger partial charge in [0.25, 0.3) is 10.1 Å². The van der Waals surface area contributed by atoms with E-state index >= 15 is 0 Å². The molecule has 0 bridgehead atoms. The van der Waals surface area contributed by atoms with Crippen molar-refractivity contribution in [1.82, 2.24) is 0 Å². The van der Waals surface area contributed by atoms with Gasteiger partial charge in [-0.1, -0.05) is 33.1 Å². The quantitative estimate of drug-likeness (QED) is 0.468. The molecule has 2 aliphatic carbocycles. The van der Waals surface area contributed by atoms with Crippen molar-refractivity contribution >= 4 is 20.1 Å². The fraction of sp³-hybridized carbons (Fsp3) is 1.00. The first kappa shape index (κ1) is 23.8. The van der Waals surface area contributed by atoms with Crippen molar-refractivity contribution in [2.24, 2.45) is 32.9 Å². The third kappa shape index (κ3) is 7.77. The monoisotopic (exact) mass is 413 g/mol. The minimum absolute atomic E-state index is 0.0277. The van der Waals surface area contributed by atoms with Crippen LogP contribution in [0.2, 0.25) is 0 Å². The molecule has 0 unspecified atom stereocenters. The third-order valence-corrected chi connectivity index (χ3v) is 7.48. The predicted octanol–water partition coefficient (Wildman–Crippen LogP) is 0.823. The molecule has 0 aromatic rings. The molecule has 0 aromatic carbocycles. The Hall–Kier alpha value is -0.260. The molecular formula is C16H35N3O5S2. The molecule has 0 atom stereocenters. The standard InChI is InChI=1S/C8H18N2O2S.C8H17NO3S/c1-7(2)3-8(4-7,5-9)6-13(10,11)12;9-6-8(7-13(10,11)12)4-2-1-3-5-8/h3-6,9H2,1-2H3,(H2,10,11,12);1-7,9H2,(H,10,11,12). The topological polar surface area (TPSA) is 167 Å². The van der Waals surface area contributed by atoms with E-state index in [1.165, 1.54) is 0 Å². The zero-order valence-electron chi connectivity index (χ0n) is 15.9. The Kier molecular flexibility index (Phi) is 7.68. The summed E-state index contributed by atoms with van der Waals surface area (Å²) < 4.78 is 52.2. The highest BCUT2D eigenvalue weighted by molar-refractivity contribution is 7.89. The number of primary sulfonamides is 1. The van der Waals surface area contributed by atoms with Gasteiger partial charge in [0, 0.05) is 0 Å². The van der Waals surface area contributed by atoms with E-state index in [0.29, 0.717) is 13.1 Å². The maximum atomic E-state index is 10.9. The first-order valence-electron chi connectivity index (χ1n) is 9.01. The average Bonchev–Trinajstić information content (AvgIpc) is 2.43. The second-order valence-corrected chi connectivity index (χ2v) is 12.1. The molecule has 0 spiro atoms. The van der Waals surface area contributed by atoms with Crippen molar-refractivity contribution in [1.29, 1.82) is 0 Å². The van der Waals surface area contributed by atoms with Gasteiger partial charge in [0.1, 0.15) is 0 Å². The van der Waals surface area contributed by atoms with Crippen LogP contribution in [0.15, 0.2) is 0 Å². The molecule has 2 rings (SSSR count). The van der Waals surface area contributed by atoms with Crippen molar-refractivity contribution < 1.29 is 21.4 Å². The summed E-state index contributed by atoms with van der Waals surface area (Å²) in [6.07, 6.45) is 6.54. The molecule has 0 amide bonds. The number of hydrogen-bond acceptors (Lipinski definition) is 6. The Balaban J connectivity index is 0.000000260. The normalized spacial score (nSPS) is 24.1. The van der Waals surface area contributed by atoms with E-state index < -0.39 is 20.1 Å². The van der Waals surface area contributed by atoms with Gasteiger partial charge in [0.05, 0.1) is 11.5 Å². The number of sulfonamides is 1. The first-order valence-corrected chi connectivity index (χ1v) is 12.3. The first-order chi connectivity index (χ1) is 11.7. The lowest BCUT2D eigenvalue weighted by Gasteiger charge is -2.52. The fourth-order valence-corrected chi connectivity index (χ4v) is 7.16. The molecule has 0 heterocycles. The summed E-state index contributed by atoms with van der Waals surface area (Å²) in [6, 6.07) is 0. The van der Waals surface area contributed by atoms with Crippen molar-refractivity contribution in [2.45, 2.75) is 58.8 Å². The van der Waals surface area contributed by atoms with Crippen molar-refractivity contribution in [3.63, 3.8) is 0 Å². The van der Waals surface area contributed by atoms with Crippen LogP contribution in [-0.2, 0) is 20.1 Å². The largest absolute Gasteiger partial charge is 0.330 e. The lowest BCUT2D eigenvalue weighted by molar-refractivity contribution is 0.0142. The van der Waals surface area contributed by atoms with Crippen LogP contribution in [-0.4, -0.2) is 46.0 Å². The van der Waals surface area contributed by atoms with Gasteiger partial charge in [-0.25, -0.2) is 13.6 Å². The van der Waals surface area contributed by atoms with Crippen LogP contribution in [0.25, 0.3) is 0 Å². The van der Waals surface area contributed by atoms with Gasteiger partial charge in [-0.3, -0.25) is 4.55 Å². The van der Waals surface area contributed by atoms with Crippen molar-refractivity contribution in [2.75, 3.05) is 24.6 Å². The molecule has 156 valence electrons. The second-order valence-electron chi connectivity index (χ2n) is 9.02. The summed E-state index contributed by atoms with van der Waals surface area (Å²) in [5.41, 5.74) is 10.8. The molecule has 2 saturated carbocycles. The van der Waals surface area contributed by atoms with E-state index in [1.807, 2.05) is 0 Å². The Morgan fingerprint density at radius 3 is 1.62 bits per heavy atom. The molecule has 7 N–H and O–H groups in total. The highest BCUT2D eigenvalue weighted by Crippen LogP contribution is 2.53. The molecule has 2 fully saturated rings. The zero-order valence-corrected chi connectivity index (χ0v) is 17.5. The summed E-state index contributed by atoms with van der Waals surface area (Å²) in [4.78, 5) is 0. The number of nitrogens with two attached hydrogens (primary N) is 3. The van der Waals surface area contributed by atoms with Gasteiger partial charge in [0.2, 0.25) is 10.0 Å². The van der Waals surface area contributed by atoms with Crippen LogP contribution < -0.4 is 16.6 Å². The van der Waals surface area contributed by atoms with Crippen molar-refractivity contribution in [3.05, 3.63) is 0 Å². The summed E-state index contributed by atoms with van der Waals surface area (Å²) in [7, 11) is -7.26. The van der Waals surface area contributed by atoms with Crippen LogP contribution >= 0.6 is 0 Å². The van der Waals surface area contributed by atoms with Crippen molar-refractivity contribution in [3.8, 4) is 0 Å². The smallest absolute Gasteiger partial charge is 0.265 e. The molecular weight excluding hydrogens is 378 g/mol. The lowest BCUT2D eigenvalue weighted by Crippen LogP contribution is -2.52. The minimum atomic E-state index is -3.87. The van der Waals surface area contributed by atoms with E-state index in [0.717, 1.165) is 44.9 Å². The summed E-state index contributed by atoms with van der Waals surface area (Å²) in [5, 5.41) is 5.01. The van der Waals surface area contributed by atoms with E-state index in [2.05, 4.69) is 13.8 Å². The van der Waals surface area contributed by atoms with Crippen LogP contribution in [0.3, 0.4) is 0 Å². The van der Waals surface area contributed by atoms with Gasteiger partial charge in [-0.05, 0) is 55.0 Å². The Morgan fingerprint density at radius 1 is 0.846 bits per heavy atom. The van der Waals surface area contributed by atoms with Gasteiger partial charge < -0.3 is 11.5 Å². The molecule has 0 aromatic heterocycles. The van der Waals surface area contributed by atoms with E-state index in [-0.39, 0.29) is 27.8 Å². The molecule has 8 nitrogen and oxygen atoms in total. The second kappa shape index (κ2) is 8.40. The number of rotatable bonds is 6. The van der Waals surface area contributed by atoms with E-state index in [9.17, 15) is 16.8 Å². The Bertz CT molecular complexity index is 660. The minimum Gasteiger partial charge on any atom is -0.330 e. The SMILES string of the molecule is CC1(C)CC(CN)(CS(N)(=O)=O)C1.NCC1(CS(=O)(=O)O)CCCCC1. The zero-order chi connectivity index (χ0) is 20.3. The fourth-order valence-electron chi connectivity index (χ4n) is 4.81. The van der Waals surface area contributed by atoms with Crippen LogP contribution in [0.5, 0.6) is 0 Å². The Labute approximate surface area is 158 Å². The van der Waals surface area contributed by atoms with Gasteiger partial charge in [-0.2, -0.15) is 8.42 Å². The summed E-state index contributed by atoms with van der Waals surface area (Å²) in [5.74, 6) is -0.142. The van der Waals surface area contributed by atoms with Crippen LogP contribution in [0.4, 0.5) is 0 Å². The number of hydrogen-bond donors (Lipinski definition) is 4. The van der Waals surface area contributed by atoms with E-state index in [4.69, 9.17) is 21.2 Å². The third-order valence-electron chi connectivity index (χ3n) is 5.48. The van der Waals surface area contributed by atoms with E-state index in [1.54, 1.807) is 0 Å². The molecule has 2 aliphatic rings. The summed E-state index contributed by atoms with van der Waals surface area (Å²) in [6.45, 7) is 4.99. The van der Waals surface area contributed by atoms with Gasteiger partial charge in [0.15, 0.2) is 0 Å². The summed E-state index contributed by atoms with van der Waals surface area (Å²) >= 11 is 0. The molecule has 0 saturated heterocycles. The van der Waals surface area contributed by atoms with Crippen LogP contribution in [0, 0.1) is 16.2 Å². The molecule has 0 aliphatic heterocycles. The lowest BCUT2D eigenvalue weighted by atomic mass is 9.55. The highest BCUT2D eigenvalue weighted by Gasteiger charge is 2.49. The van der Waals surface area contributed by atoms with Gasteiger partial charge >= 0.3 is 0 Å². The maximum absolute atomic E-state index is 10.9. The Morgan fingerprint density at radius 2 is 1.31 bits per heavy atom. The average molecular weight is 414 g/mol. The molecule has 0 radical (unpaired) electrons. The predicted molar refractivity (Wildman–Crippen MR) is 103 cm³/mol. The molecule has 10 heteroatoms.